The van der Waals surface area contributed by atoms with Gasteiger partial charge in [0.2, 0.25) is 5.78 Å². The van der Waals surface area contributed by atoms with Crippen LogP contribution in [0.2, 0.25) is 0 Å². The van der Waals surface area contributed by atoms with Gasteiger partial charge in [-0.2, -0.15) is 0 Å². The van der Waals surface area contributed by atoms with E-state index in [9.17, 15) is 14.4 Å². The van der Waals surface area contributed by atoms with Gasteiger partial charge in [-0.1, -0.05) is 54.1 Å². The molecule has 0 saturated carbocycles. The Balaban J connectivity index is 1.64. The highest BCUT2D eigenvalue weighted by Gasteiger charge is 2.21. The van der Waals surface area contributed by atoms with Crippen molar-refractivity contribution in [3.63, 3.8) is 0 Å². The van der Waals surface area contributed by atoms with Gasteiger partial charge < -0.3 is 9.30 Å². The van der Waals surface area contributed by atoms with Crippen LogP contribution in [0.1, 0.15) is 22.8 Å². The average molecular weight is 399 g/mol. The third kappa shape index (κ3) is 3.62. The first-order valence-corrected chi connectivity index (χ1v) is 9.76. The number of para-hydroxylation sites is 2. The van der Waals surface area contributed by atoms with Crippen molar-refractivity contribution >= 4 is 33.6 Å². The smallest absolute Gasteiger partial charge is 0.326 e. The molecular formula is C25H21NO4. The molecule has 1 atom stereocenters. The van der Waals surface area contributed by atoms with E-state index in [1.54, 1.807) is 60.0 Å². The highest BCUT2D eigenvalue weighted by atomic mass is 16.5. The minimum absolute atomic E-state index is 0.0752. The van der Waals surface area contributed by atoms with Gasteiger partial charge in [0, 0.05) is 16.3 Å². The van der Waals surface area contributed by atoms with Crippen LogP contribution in [0.3, 0.4) is 0 Å². The van der Waals surface area contributed by atoms with Crippen LogP contribution in [-0.2, 0) is 16.1 Å². The Hall–Kier alpha value is -3.73. The summed E-state index contributed by atoms with van der Waals surface area (Å²) in [5.74, 6) is -0.792. The molecule has 0 amide bonds. The molecular weight excluding hydrogens is 378 g/mol. The number of fused-ring (bicyclic) bond motifs is 2. The minimum atomic E-state index is -0.905. The average Bonchev–Trinajstić information content (AvgIpc) is 2.76. The number of aryl methyl sites for hydroxylation is 1. The lowest BCUT2D eigenvalue weighted by atomic mass is 10.1. The zero-order chi connectivity index (χ0) is 21.3. The van der Waals surface area contributed by atoms with E-state index in [1.807, 2.05) is 31.2 Å². The summed E-state index contributed by atoms with van der Waals surface area (Å²) in [7, 11) is 0. The number of ether oxygens (including phenoxy) is 1. The molecule has 0 saturated heterocycles. The molecule has 4 rings (SSSR count). The molecule has 0 bridgehead atoms. The standard InChI is InChI=1S/C25H21NO4/c1-16-11-13-18(14-12-16)24(28)17(2)30-23(27)15-26-21-9-5-3-7-19(21)25(29)20-8-4-6-10-22(20)26/h3-14,17H,15H2,1-2H3. The molecule has 0 N–H and O–H groups in total. The number of pyridine rings is 1. The first kappa shape index (κ1) is 19.6. The second-order valence-electron chi connectivity index (χ2n) is 7.31. The monoisotopic (exact) mass is 399 g/mol. The number of rotatable bonds is 5. The summed E-state index contributed by atoms with van der Waals surface area (Å²) in [6.45, 7) is 3.41. The first-order valence-electron chi connectivity index (χ1n) is 9.76. The fourth-order valence-corrected chi connectivity index (χ4v) is 3.62. The lowest BCUT2D eigenvalue weighted by Gasteiger charge is -2.17. The Morgan fingerprint density at radius 1 is 0.867 bits per heavy atom. The first-order chi connectivity index (χ1) is 14.5. The van der Waals surface area contributed by atoms with Gasteiger partial charge in [0.05, 0.1) is 11.0 Å². The highest BCUT2D eigenvalue weighted by molar-refractivity contribution is 6.00. The minimum Gasteiger partial charge on any atom is -0.453 e. The summed E-state index contributed by atoms with van der Waals surface area (Å²) in [6.07, 6.45) is -0.905. The number of hydrogen-bond acceptors (Lipinski definition) is 4. The van der Waals surface area contributed by atoms with Crippen molar-refractivity contribution in [2.75, 3.05) is 0 Å². The summed E-state index contributed by atoms with van der Waals surface area (Å²) in [4.78, 5) is 38.1. The predicted molar refractivity (Wildman–Crippen MR) is 117 cm³/mol. The number of benzene rings is 3. The van der Waals surface area contributed by atoms with Crippen molar-refractivity contribution in [1.82, 2.24) is 4.57 Å². The molecule has 0 radical (unpaired) electrons. The highest BCUT2D eigenvalue weighted by Crippen LogP contribution is 2.19. The number of Topliss-reactive ketones (excluding diaryl/α,β-unsaturated/α-hetero) is 1. The molecule has 0 fully saturated rings. The SMILES string of the molecule is Cc1ccc(C(=O)C(C)OC(=O)Cn2c3ccccc3c(=O)c3ccccc32)cc1. The van der Waals surface area contributed by atoms with Crippen molar-refractivity contribution in [2.24, 2.45) is 0 Å². The Morgan fingerprint density at radius 2 is 1.40 bits per heavy atom. The van der Waals surface area contributed by atoms with Crippen molar-refractivity contribution in [2.45, 2.75) is 26.5 Å². The van der Waals surface area contributed by atoms with Crippen molar-refractivity contribution < 1.29 is 14.3 Å². The number of aromatic nitrogens is 1. The fourth-order valence-electron chi connectivity index (χ4n) is 3.62. The van der Waals surface area contributed by atoms with E-state index in [0.29, 0.717) is 27.4 Å². The Labute approximate surface area is 173 Å². The van der Waals surface area contributed by atoms with Gasteiger partial charge in [-0.25, -0.2) is 0 Å². The van der Waals surface area contributed by atoms with Crippen LogP contribution in [0.4, 0.5) is 0 Å². The normalized spacial score (nSPS) is 12.1. The van der Waals surface area contributed by atoms with Gasteiger partial charge in [-0.3, -0.25) is 14.4 Å². The predicted octanol–water partition coefficient (Wildman–Crippen LogP) is 4.28. The maximum absolute atomic E-state index is 12.8. The Bertz CT molecular complexity index is 1260. The van der Waals surface area contributed by atoms with Gasteiger partial charge in [0.15, 0.2) is 11.5 Å². The molecule has 3 aromatic carbocycles. The number of esters is 1. The summed E-state index contributed by atoms with van der Waals surface area (Å²) < 4.78 is 7.20. The van der Waals surface area contributed by atoms with Crippen LogP contribution in [0.25, 0.3) is 21.8 Å². The van der Waals surface area contributed by atoms with Crippen LogP contribution in [0.5, 0.6) is 0 Å². The third-order valence-electron chi connectivity index (χ3n) is 5.18. The van der Waals surface area contributed by atoms with Crippen LogP contribution in [0, 0.1) is 6.92 Å². The molecule has 0 aliphatic heterocycles. The molecule has 4 aromatic rings. The Kier molecular flexibility index (Phi) is 5.19. The van der Waals surface area contributed by atoms with Gasteiger partial charge in [-0.05, 0) is 38.1 Å². The third-order valence-corrected chi connectivity index (χ3v) is 5.18. The maximum atomic E-state index is 12.8. The summed E-state index contributed by atoms with van der Waals surface area (Å²) in [6, 6.07) is 21.5. The topological polar surface area (TPSA) is 65.4 Å². The lowest BCUT2D eigenvalue weighted by molar-refractivity contribution is -0.146. The van der Waals surface area contributed by atoms with Gasteiger partial charge in [-0.15, -0.1) is 0 Å². The summed E-state index contributed by atoms with van der Waals surface area (Å²) in [5.41, 5.74) is 2.77. The van der Waals surface area contributed by atoms with Gasteiger partial charge in [0.1, 0.15) is 6.54 Å². The number of carbonyl (C=O) groups excluding carboxylic acids is 2. The van der Waals surface area contributed by atoms with Crippen molar-refractivity contribution in [3.05, 3.63) is 94.1 Å². The van der Waals surface area contributed by atoms with E-state index >= 15 is 0 Å². The molecule has 1 heterocycles. The van der Waals surface area contributed by atoms with E-state index in [1.165, 1.54) is 0 Å². The molecule has 0 spiro atoms. The molecule has 5 nitrogen and oxygen atoms in total. The van der Waals surface area contributed by atoms with Crippen LogP contribution in [0.15, 0.2) is 77.6 Å². The largest absolute Gasteiger partial charge is 0.453 e. The number of carbonyl (C=O) groups is 2. The van der Waals surface area contributed by atoms with Crippen LogP contribution < -0.4 is 5.43 Å². The lowest BCUT2D eigenvalue weighted by Crippen LogP contribution is -2.27. The molecule has 1 aromatic heterocycles. The number of ketones is 1. The Morgan fingerprint density at radius 3 is 1.97 bits per heavy atom. The van der Waals surface area contributed by atoms with Crippen LogP contribution >= 0.6 is 0 Å². The van der Waals surface area contributed by atoms with E-state index in [2.05, 4.69) is 0 Å². The van der Waals surface area contributed by atoms with E-state index in [0.717, 1.165) is 5.56 Å². The number of hydrogen-bond donors (Lipinski definition) is 0. The van der Waals surface area contributed by atoms with Crippen LogP contribution in [-0.4, -0.2) is 22.4 Å². The molecule has 30 heavy (non-hydrogen) atoms. The zero-order valence-corrected chi connectivity index (χ0v) is 16.8. The second-order valence-corrected chi connectivity index (χ2v) is 7.31. The zero-order valence-electron chi connectivity index (χ0n) is 16.8. The van der Waals surface area contributed by atoms with Crippen molar-refractivity contribution in [1.29, 1.82) is 0 Å². The quantitative estimate of drug-likeness (QED) is 0.285. The molecule has 1 unspecified atom stereocenters. The van der Waals surface area contributed by atoms with E-state index in [4.69, 9.17) is 4.74 Å². The fraction of sp³-hybridized carbons (Fsp3) is 0.160. The van der Waals surface area contributed by atoms with E-state index in [-0.39, 0.29) is 17.8 Å². The second kappa shape index (κ2) is 7.95. The summed E-state index contributed by atoms with van der Waals surface area (Å²) >= 11 is 0. The van der Waals surface area contributed by atoms with Crippen molar-refractivity contribution in [3.8, 4) is 0 Å². The maximum Gasteiger partial charge on any atom is 0.326 e. The van der Waals surface area contributed by atoms with Gasteiger partial charge >= 0.3 is 5.97 Å². The molecule has 0 aliphatic rings. The molecule has 5 heteroatoms. The van der Waals surface area contributed by atoms with Gasteiger partial charge in [0.25, 0.3) is 0 Å². The number of nitrogens with zero attached hydrogens (tertiary/aromatic N) is 1. The van der Waals surface area contributed by atoms with E-state index < -0.39 is 12.1 Å². The molecule has 150 valence electrons. The molecule has 0 aliphatic carbocycles. The summed E-state index contributed by atoms with van der Waals surface area (Å²) in [5, 5.41) is 1.07.